The molecule has 0 fully saturated rings. The minimum absolute atomic E-state index is 0.105. The van der Waals surface area contributed by atoms with Crippen LogP contribution in [-0.4, -0.2) is 33.7 Å². The highest BCUT2D eigenvalue weighted by Gasteiger charge is 2.12. The van der Waals surface area contributed by atoms with E-state index < -0.39 is 12.0 Å². The number of carboxylic acids is 1. The van der Waals surface area contributed by atoms with Gasteiger partial charge in [-0.05, 0) is 6.92 Å². The van der Waals surface area contributed by atoms with Gasteiger partial charge in [0.1, 0.15) is 18.5 Å². The molecule has 6 heteroatoms. The molecule has 0 radical (unpaired) electrons. The van der Waals surface area contributed by atoms with Gasteiger partial charge in [0.05, 0.1) is 0 Å². The van der Waals surface area contributed by atoms with Crippen molar-refractivity contribution in [3.63, 3.8) is 0 Å². The molecule has 3 N–H and O–H groups in total. The molecule has 1 heterocycles. The van der Waals surface area contributed by atoms with Crippen LogP contribution in [-0.2, 0) is 4.79 Å². The Bertz CT molecular complexity index is 329. The Labute approximate surface area is 80.7 Å². The summed E-state index contributed by atoms with van der Waals surface area (Å²) in [6.45, 7) is 1.61. The van der Waals surface area contributed by atoms with Gasteiger partial charge >= 0.3 is 5.97 Å². The minimum Gasteiger partial charge on any atom is -0.480 e. The lowest BCUT2D eigenvalue weighted by Crippen LogP contribution is -2.36. The molecule has 1 aromatic heterocycles. The molecule has 0 saturated heterocycles. The second-order valence-corrected chi connectivity index (χ2v) is 2.70. The van der Waals surface area contributed by atoms with E-state index in [-0.39, 0.29) is 6.61 Å². The van der Waals surface area contributed by atoms with Crippen molar-refractivity contribution in [2.45, 2.75) is 13.0 Å². The topological polar surface area (TPSA) is 98.3 Å². The van der Waals surface area contributed by atoms with Crippen molar-refractivity contribution in [2.75, 3.05) is 6.61 Å². The average Bonchev–Trinajstić information content (AvgIpc) is 2.14. The first-order valence-corrected chi connectivity index (χ1v) is 4.00. The van der Waals surface area contributed by atoms with Gasteiger partial charge in [0.2, 0.25) is 5.88 Å². The number of ether oxygens (including phenoxy) is 1. The summed E-state index contributed by atoms with van der Waals surface area (Å²) in [7, 11) is 0. The molecule has 0 saturated carbocycles. The molecule has 0 bridgehead atoms. The van der Waals surface area contributed by atoms with E-state index in [1.54, 1.807) is 13.0 Å². The molecule has 14 heavy (non-hydrogen) atoms. The molecule has 6 nitrogen and oxygen atoms in total. The van der Waals surface area contributed by atoms with Crippen LogP contribution < -0.4 is 10.5 Å². The maximum Gasteiger partial charge on any atom is 0.324 e. The molecule has 0 aromatic carbocycles. The third-order valence-corrected chi connectivity index (χ3v) is 1.48. The van der Waals surface area contributed by atoms with Crippen LogP contribution in [0.15, 0.2) is 12.3 Å². The summed E-state index contributed by atoms with van der Waals surface area (Å²) in [5.41, 5.74) is 5.23. The third-order valence-electron chi connectivity index (χ3n) is 1.48. The summed E-state index contributed by atoms with van der Waals surface area (Å²) in [5, 5.41) is 8.48. The van der Waals surface area contributed by atoms with E-state index in [1.165, 1.54) is 6.20 Å². The van der Waals surface area contributed by atoms with Gasteiger partial charge in [0, 0.05) is 12.3 Å². The van der Waals surface area contributed by atoms with Gasteiger partial charge in [-0.25, -0.2) is 4.98 Å². The minimum atomic E-state index is -1.10. The van der Waals surface area contributed by atoms with Crippen molar-refractivity contribution >= 4 is 5.97 Å². The number of aromatic nitrogens is 2. The van der Waals surface area contributed by atoms with E-state index in [0.29, 0.717) is 11.7 Å². The molecule has 0 aliphatic rings. The molecule has 1 aromatic rings. The maximum atomic E-state index is 10.3. The Hall–Kier alpha value is -1.69. The van der Waals surface area contributed by atoms with E-state index in [2.05, 4.69) is 9.97 Å². The van der Waals surface area contributed by atoms with Crippen LogP contribution in [0.4, 0.5) is 0 Å². The number of hydrogen-bond donors (Lipinski definition) is 2. The number of hydrogen-bond acceptors (Lipinski definition) is 5. The molecular formula is C8H11N3O3. The predicted molar refractivity (Wildman–Crippen MR) is 47.9 cm³/mol. The van der Waals surface area contributed by atoms with Crippen LogP contribution in [0, 0.1) is 6.92 Å². The molecule has 0 aliphatic heterocycles. The van der Waals surface area contributed by atoms with Crippen LogP contribution in [0.5, 0.6) is 5.88 Å². The Balaban J connectivity index is 2.49. The summed E-state index contributed by atoms with van der Waals surface area (Å²) in [5.74, 6) is -0.212. The first kappa shape index (κ1) is 10.4. The summed E-state index contributed by atoms with van der Waals surface area (Å²) in [4.78, 5) is 18.1. The Morgan fingerprint density at radius 1 is 1.79 bits per heavy atom. The monoisotopic (exact) mass is 197 g/mol. The zero-order valence-corrected chi connectivity index (χ0v) is 7.67. The largest absolute Gasteiger partial charge is 0.480 e. The zero-order chi connectivity index (χ0) is 10.6. The number of aryl methyl sites for hydroxylation is 1. The van der Waals surface area contributed by atoms with Crippen molar-refractivity contribution in [2.24, 2.45) is 5.73 Å². The summed E-state index contributed by atoms with van der Waals surface area (Å²) in [6, 6.07) is 0.506. The molecule has 1 atom stereocenters. The molecule has 1 rings (SSSR count). The number of carboxylic acid groups (broad SMARTS) is 1. The number of carbonyl (C=O) groups is 1. The van der Waals surface area contributed by atoms with Crippen LogP contribution in [0.1, 0.15) is 5.82 Å². The highest BCUT2D eigenvalue weighted by molar-refractivity contribution is 5.73. The van der Waals surface area contributed by atoms with Gasteiger partial charge in [-0.2, -0.15) is 4.98 Å². The summed E-state index contributed by atoms with van der Waals surface area (Å²) >= 11 is 0. The summed E-state index contributed by atoms with van der Waals surface area (Å²) in [6.07, 6.45) is 1.53. The van der Waals surface area contributed by atoms with E-state index in [9.17, 15) is 4.79 Å². The molecular weight excluding hydrogens is 186 g/mol. The maximum absolute atomic E-state index is 10.3. The second-order valence-electron chi connectivity index (χ2n) is 2.70. The van der Waals surface area contributed by atoms with Gasteiger partial charge in [0.15, 0.2) is 0 Å². The van der Waals surface area contributed by atoms with Gasteiger partial charge in [-0.15, -0.1) is 0 Å². The molecule has 0 spiro atoms. The van der Waals surface area contributed by atoms with Gasteiger partial charge in [-0.3, -0.25) is 4.79 Å². The van der Waals surface area contributed by atoms with Crippen LogP contribution in [0.3, 0.4) is 0 Å². The fourth-order valence-electron chi connectivity index (χ4n) is 0.761. The number of nitrogens with two attached hydrogens (primary N) is 1. The fourth-order valence-corrected chi connectivity index (χ4v) is 0.761. The van der Waals surface area contributed by atoms with E-state index in [4.69, 9.17) is 15.6 Å². The number of rotatable bonds is 4. The third kappa shape index (κ3) is 2.98. The van der Waals surface area contributed by atoms with Crippen molar-refractivity contribution in [3.05, 3.63) is 18.1 Å². The molecule has 76 valence electrons. The SMILES string of the molecule is Cc1nccc(OCC(N)C(=O)O)n1. The highest BCUT2D eigenvalue weighted by Crippen LogP contribution is 2.04. The van der Waals surface area contributed by atoms with Crippen LogP contribution in [0.2, 0.25) is 0 Å². The first-order valence-electron chi connectivity index (χ1n) is 4.00. The van der Waals surface area contributed by atoms with Gasteiger partial charge in [0.25, 0.3) is 0 Å². The predicted octanol–water partition coefficient (Wildman–Crippen LogP) is -0.424. The fraction of sp³-hybridized carbons (Fsp3) is 0.375. The smallest absolute Gasteiger partial charge is 0.324 e. The van der Waals surface area contributed by atoms with E-state index in [0.717, 1.165) is 0 Å². The van der Waals surface area contributed by atoms with Crippen molar-refractivity contribution < 1.29 is 14.6 Å². The van der Waals surface area contributed by atoms with Gasteiger partial charge in [-0.1, -0.05) is 0 Å². The Kier molecular flexibility index (Phi) is 3.35. The molecule has 1 unspecified atom stereocenters. The average molecular weight is 197 g/mol. The van der Waals surface area contributed by atoms with Gasteiger partial charge < -0.3 is 15.6 Å². The van der Waals surface area contributed by atoms with Crippen molar-refractivity contribution in [3.8, 4) is 5.88 Å². The Morgan fingerprint density at radius 3 is 3.07 bits per heavy atom. The van der Waals surface area contributed by atoms with Crippen LogP contribution in [0.25, 0.3) is 0 Å². The molecule has 0 aliphatic carbocycles. The van der Waals surface area contributed by atoms with Crippen molar-refractivity contribution in [1.29, 1.82) is 0 Å². The second kappa shape index (κ2) is 4.52. The number of nitrogens with zero attached hydrogens (tertiary/aromatic N) is 2. The van der Waals surface area contributed by atoms with E-state index in [1.807, 2.05) is 0 Å². The lowest BCUT2D eigenvalue weighted by Gasteiger charge is -2.08. The lowest BCUT2D eigenvalue weighted by molar-refractivity contribution is -0.139. The first-order chi connectivity index (χ1) is 6.59. The number of aliphatic carboxylic acids is 1. The highest BCUT2D eigenvalue weighted by atomic mass is 16.5. The van der Waals surface area contributed by atoms with Crippen LogP contribution >= 0.6 is 0 Å². The summed E-state index contributed by atoms with van der Waals surface area (Å²) < 4.78 is 5.05. The normalized spacial score (nSPS) is 12.1. The zero-order valence-electron chi connectivity index (χ0n) is 7.67. The van der Waals surface area contributed by atoms with Crippen molar-refractivity contribution in [1.82, 2.24) is 9.97 Å². The molecule has 0 amide bonds. The van der Waals surface area contributed by atoms with E-state index >= 15 is 0 Å². The quantitative estimate of drug-likeness (QED) is 0.680. The Morgan fingerprint density at radius 2 is 2.50 bits per heavy atom. The standard InChI is InChI=1S/C8H11N3O3/c1-5-10-3-2-7(11-5)14-4-6(9)8(12)13/h2-3,6H,4,9H2,1H3,(H,12,13). The lowest BCUT2D eigenvalue weighted by atomic mass is 10.3.